The normalized spacial score (nSPS) is 25.8. The lowest BCUT2D eigenvalue weighted by atomic mass is 9.70. The first-order chi connectivity index (χ1) is 15.5. The Bertz CT molecular complexity index is 981. The van der Waals surface area contributed by atoms with E-state index < -0.39 is 5.41 Å². The Morgan fingerprint density at radius 2 is 2.00 bits per heavy atom. The monoisotopic (exact) mass is 434 g/mol. The van der Waals surface area contributed by atoms with E-state index in [9.17, 15) is 9.59 Å². The molecule has 3 aliphatic rings. The van der Waals surface area contributed by atoms with E-state index in [4.69, 9.17) is 4.98 Å². The minimum absolute atomic E-state index is 0.0447. The van der Waals surface area contributed by atoms with E-state index in [0.717, 1.165) is 37.2 Å². The van der Waals surface area contributed by atoms with Crippen molar-refractivity contribution in [2.45, 2.75) is 57.9 Å². The largest absolute Gasteiger partial charge is 0.342 e. The molecule has 2 saturated heterocycles. The van der Waals surface area contributed by atoms with Crippen molar-refractivity contribution < 1.29 is 9.59 Å². The lowest BCUT2D eigenvalue weighted by molar-refractivity contribution is -0.147. The topological polar surface area (TPSA) is 58.4 Å². The zero-order valence-corrected chi connectivity index (χ0v) is 19.2. The van der Waals surface area contributed by atoms with Crippen LogP contribution in [0.3, 0.4) is 0 Å². The second-order valence-corrected chi connectivity index (χ2v) is 10.3. The van der Waals surface area contributed by atoms with Gasteiger partial charge in [-0.2, -0.15) is 0 Å². The Morgan fingerprint density at radius 3 is 2.69 bits per heavy atom. The smallest absolute Gasteiger partial charge is 0.231 e. The average molecular weight is 435 g/mol. The van der Waals surface area contributed by atoms with Gasteiger partial charge in [0.15, 0.2) is 0 Å². The van der Waals surface area contributed by atoms with Crippen LogP contribution in [0.25, 0.3) is 0 Å². The molecular formula is C26H34N4O2. The van der Waals surface area contributed by atoms with E-state index in [1.807, 2.05) is 41.6 Å². The van der Waals surface area contributed by atoms with E-state index in [1.165, 1.54) is 12.8 Å². The first-order valence-corrected chi connectivity index (χ1v) is 12.1. The number of aromatic nitrogens is 2. The summed E-state index contributed by atoms with van der Waals surface area (Å²) >= 11 is 0. The van der Waals surface area contributed by atoms with Crippen molar-refractivity contribution in [3.8, 4) is 0 Å². The number of rotatable bonds is 6. The van der Waals surface area contributed by atoms with Gasteiger partial charge in [-0.3, -0.25) is 9.59 Å². The predicted octanol–water partition coefficient (Wildman–Crippen LogP) is 3.65. The zero-order chi connectivity index (χ0) is 22.3. The number of carbonyl (C=O) groups is 2. The number of likely N-dealkylation sites (tertiary alicyclic amines) is 2. The molecule has 3 heterocycles. The molecule has 1 aliphatic carbocycles. The Morgan fingerprint density at radius 1 is 1.22 bits per heavy atom. The number of hydrogen-bond donors (Lipinski definition) is 0. The van der Waals surface area contributed by atoms with Gasteiger partial charge in [-0.15, -0.1) is 0 Å². The van der Waals surface area contributed by atoms with Gasteiger partial charge < -0.3 is 14.4 Å². The molecule has 32 heavy (non-hydrogen) atoms. The van der Waals surface area contributed by atoms with Crippen LogP contribution in [-0.2, 0) is 16.0 Å². The van der Waals surface area contributed by atoms with Crippen LogP contribution in [0, 0.1) is 11.3 Å². The van der Waals surface area contributed by atoms with Crippen molar-refractivity contribution in [1.29, 1.82) is 0 Å². The highest BCUT2D eigenvalue weighted by Crippen LogP contribution is 2.49. The fourth-order valence-corrected chi connectivity index (χ4v) is 5.54. The molecule has 0 N–H and O–H groups in total. The maximum Gasteiger partial charge on any atom is 0.231 e. The summed E-state index contributed by atoms with van der Waals surface area (Å²) in [6, 6.07) is 10.2. The second-order valence-electron chi connectivity index (χ2n) is 10.3. The van der Waals surface area contributed by atoms with Crippen LogP contribution in [0.2, 0.25) is 0 Å². The molecule has 6 nitrogen and oxygen atoms in total. The molecule has 0 radical (unpaired) electrons. The van der Waals surface area contributed by atoms with Crippen LogP contribution in [0.1, 0.15) is 62.7 Å². The summed E-state index contributed by atoms with van der Waals surface area (Å²) in [6.45, 7) is 7.08. The van der Waals surface area contributed by atoms with Gasteiger partial charge in [0, 0.05) is 44.3 Å². The highest BCUT2D eigenvalue weighted by Gasteiger charge is 2.57. The molecule has 2 atom stereocenters. The van der Waals surface area contributed by atoms with Crippen molar-refractivity contribution in [1.82, 2.24) is 19.4 Å². The van der Waals surface area contributed by atoms with E-state index in [2.05, 4.69) is 29.5 Å². The molecular weight excluding hydrogens is 400 g/mol. The molecule has 3 fully saturated rings. The van der Waals surface area contributed by atoms with Crippen LogP contribution in [-0.4, -0.2) is 57.3 Å². The first kappa shape index (κ1) is 21.2. The highest BCUT2D eigenvalue weighted by atomic mass is 16.2. The number of carbonyl (C=O) groups excluding carboxylic acids is 2. The van der Waals surface area contributed by atoms with Gasteiger partial charge >= 0.3 is 0 Å². The Kier molecular flexibility index (Phi) is 5.56. The maximum atomic E-state index is 13.9. The Hall–Kier alpha value is -2.63. The third-order valence-electron chi connectivity index (χ3n) is 7.61. The van der Waals surface area contributed by atoms with Gasteiger partial charge in [0.25, 0.3) is 0 Å². The van der Waals surface area contributed by atoms with Gasteiger partial charge in [0.1, 0.15) is 0 Å². The minimum atomic E-state index is -0.546. The molecule has 5 rings (SSSR count). The summed E-state index contributed by atoms with van der Waals surface area (Å²) in [5.41, 5.74) is 1.43. The van der Waals surface area contributed by atoms with Crippen LogP contribution >= 0.6 is 0 Å². The molecule has 1 aromatic carbocycles. The lowest BCUT2D eigenvalue weighted by Crippen LogP contribution is -2.53. The number of benzene rings is 1. The minimum Gasteiger partial charge on any atom is -0.342 e. The summed E-state index contributed by atoms with van der Waals surface area (Å²) in [4.78, 5) is 36.0. The zero-order valence-electron chi connectivity index (χ0n) is 19.2. The van der Waals surface area contributed by atoms with Crippen molar-refractivity contribution in [3.63, 3.8) is 0 Å². The lowest BCUT2D eigenvalue weighted by Gasteiger charge is -2.42. The fraction of sp³-hybridized carbons (Fsp3) is 0.577. The number of imidazole rings is 1. The first-order valence-electron chi connectivity index (χ1n) is 12.1. The molecule has 1 saturated carbocycles. The number of piperidine rings is 1. The summed E-state index contributed by atoms with van der Waals surface area (Å²) < 4.78 is 2.10. The summed E-state index contributed by atoms with van der Waals surface area (Å²) in [5, 5.41) is 0. The van der Waals surface area contributed by atoms with Crippen LogP contribution in [0.4, 0.5) is 0 Å². The number of hydrogen-bond acceptors (Lipinski definition) is 3. The molecule has 2 aliphatic heterocycles. The third kappa shape index (κ3) is 3.96. The van der Waals surface area contributed by atoms with Gasteiger partial charge in [-0.1, -0.05) is 30.3 Å². The van der Waals surface area contributed by atoms with Gasteiger partial charge in [-0.05, 0) is 51.0 Å². The SMILES string of the molecule is CC(C)n1cnc(C2CN(C(=O)Cc3ccccc3)CC23CCCN(CC2CC2)C3=O)c1. The second kappa shape index (κ2) is 8.38. The number of amides is 2. The Balaban J connectivity index is 1.44. The van der Waals surface area contributed by atoms with Gasteiger partial charge in [-0.25, -0.2) is 4.98 Å². The molecule has 1 spiro atoms. The van der Waals surface area contributed by atoms with E-state index >= 15 is 0 Å². The Labute approximate surface area is 190 Å². The van der Waals surface area contributed by atoms with Crippen LogP contribution in [0.15, 0.2) is 42.9 Å². The molecule has 6 heteroatoms. The highest BCUT2D eigenvalue weighted by molar-refractivity contribution is 5.88. The van der Waals surface area contributed by atoms with E-state index in [-0.39, 0.29) is 17.7 Å². The van der Waals surface area contributed by atoms with Crippen molar-refractivity contribution in [3.05, 3.63) is 54.1 Å². The summed E-state index contributed by atoms with van der Waals surface area (Å²) in [7, 11) is 0. The molecule has 2 aromatic rings. The fourth-order valence-electron chi connectivity index (χ4n) is 5.54. The molecule has 1 aromatic heterocycles. The number of nitrogens with zero attached hydrogens (tertiary/aromatic N) is 4. The van der Waals surface area contributed by atoms with Crippen LogP contribution in [0.5, 0.6) is 0 Å². The molecule has 2 unspecified atom stereocenters. The third-order valence-corrected chi connectivity index (χ3v) is 7.61. The van der Waals surface area contributed by atoms with Crippen LogP contribution < -0.4 is 0 Å². The summed E-state index contributed by atoms with van der Waals surface area (Å²) in [6.07, 6.45) is 8.65. The van der Waals surface area contributed by atoms with Crippen molar-refractivity contribution in [2.75, 3.05) is 26.2 Å². The standard InChI is InChI=1S/C26H34N4O2/c1-19(2)30-16-23(27-18-30)22-15-29(24(31)13-20-7-4-3-5-8-20)17-26(22)11-6-12-28(25(26)32)14-21-9-10-21/h3-5,7-8,16,18-19,21-22H,6,9-15,17H2,1-2H3. The molecule has 0 bridgehead atoms. The van der Waals surface area contributed by atoms with Gasteiger partial charge in [0.2, 0.25) is 11.8 Å². The van der Waals surface area contributed by atoms with Crippen molar-refractivity contribution in [2.24, 2.45) is 11.3 Å². The van der Waals surface area contributed by atoms with Gasteiger partial charge in [0.05, 0.1) is 23.9 Å². The summed E-state index contributed by atoms with van der Waals surface area (Å²) in [5.74, 6) is 0.977. The van der Waals surface area contributed by atoms with E-state index in [1.54, 1.807) is 0 Å². The maximum absolute atomic E-state index is 13.9. The molecule has 2 amide bonds. The average Bonchev–Trinajstić information content (AvgIpc) is 3.31. The quantitative estimate of drug-likeness (QED) is 0.697. The van der Waals surface area contributed by atoms with Crippen molar-refractivity contribution >= 4 is 11.8 Å². The van der Waals surface area contributed by atoms with E-state index in [0.29, 0.717) is 31.5 Å². The molecule has 170 valence electrons. The predicted molar refractivity (Wildman–Crippen MR) is 123 cm³/mol.